The fraction of sp³-hybridized carbons (Fsp3) is 0.900. The Kier molecular flexibility index (Phi) is 5.35. The normalized spacial score (nSPS) is 18.0. The highest BCUT2D eigenvalue weighted by Gasteiger charge is 2.16. The first-order chi connectivity index (χ1) is 7.88. The number of sulfone groups is 1. The van der Waals surface area contributed by atoms with Gasteiger partial charge in [0.2, 0.25) is 5.91 Å². The number of likely N-dealkylation sites (N-methyl/N-ethyl adjacent to an activating group) is 1. The maximum atomic E-state index is 11.5. The zero-order valence-electron chi connectivity index (χ0n) is 10.5. The Bertz CT molecular complexity index is 350. The van der Waals surface area contributed by atoms with Crippen LogP contribution >= 0.6 is 0 Å². The van der Waals surface area contributed by atoms with E-state index in [0.717, 1.165) is 39.0 Å². The van der Waals surface area contributed by atoms with Crippen molar-refractivity contribution in [2.24, 2.45) is 0 Å². The highest BCUT2D eigenvalue weighted by Crippen LogP contribution is 1.95. The molecule has 6 nitrogen and oxygen atoms in total. The molecule has 1 saturated heterocycles. The molecule has 0 atom stereocenters. The van der Waals surface area contributed by atoms with Crippen LogP contribution in [0.1, 0.15) is 0 Å². The Morgan fingerprint density at radius 2 is 1.94 bits per heavy atom. The molecule has 0 aromatic carbocycles. The molecule has 1 aliphatic rings. The van der Waals surface area contributed by atoms with Crippen LogP contribution in [0.4, 0.5) is 0 Å². The van der Waals surface area contributed by atoms with Gasteiger partial charge in [-0.15, -0.1) is 0 Å². The Hall–Kier alpha value is -0.660. The topological polar surface area (TPSA) is 69.7 Å². The van der Waals surface area contributed by atoms with Crippen molar-refractivity contribution in [2.75, 3.05) is 58.3 Å². The van der Waals surface area contributed by atoms with Crippen LogP contribution in [0.15, 0.2) is 0 Å². The second kappa shape index (κ2) is 6.32. The van der Waals surface area contributed by atoms with E-state index in [0.29, 0.717) is 6.54 Å². The van der Waals surface area contributed by atoms with Gasteiger partial charge in [0.25, 0.3) is 0 Å². The van der Waals surface area contributed by atoms with E-state index in [9.17, 15) is 13.2 Å². The van der Waals surface area contributed by atoms with Crippen LogP contribution in [0.2, 0.25) is 0 Å². The lowest BCUT2D eigenvalue weighted by atomic mass is 10.3. The monoisotopic (exact) mass is 263 g/mol. The molecule has 1 heterocycles. The number of carbonyl (C=O) groups excluding carboxylic acids is 1. The molecule has 7 heteroatoms. The van der Waals surface area contributed by atoms with Gasteiger partial charge < -0.3 is 10.2 Å². The molecule has 0 aliphatic carbocycles. The Morgan fingerprint density at radius 1 is 1.35 bits per heavy atom. The van der Waals surface area contributed by atoms with Gasteiger partial charge in [0, 0.05) is 52.6 Å². The lowest BCUT2D eigenvalue weighted by Crippen LogP contribution is -2.46. The van der Waals surface area contributed by atoms with E-state index in [1.54, 1.807) is 7.05 Å². The molecule has 0 unspecified atom stereocenters. The van der Waals surface area contributed by atoms with Crippen LogP contribution in [-0.2, 0) is 14.6 Å². The summed E-state index contributed by atoms with van der Waals surface area (Å²) in [7, 11) is -1.58. The highest BCUT2D eigenvalue weighted by atomic mass is 32.2. The molecule has 100 valence electrons. The Labute approximate surface area is 103 Å². The smallest absolute Gasteiger partial charge is 0.237 e. The standard InChI is InChI=1S/C10H21N3O3S/c1-12(10(14)9-17(2,15)16)7-8-13-5-3-11-4-6-13/h11H,3-9H2,1-2H3. The molecular weight excluding hydrogens is 242 g/mol. The van der Waals surface area contributed by atoms with E-state index >= 15 is 0 Å². The third kappa shape index (κ3) is 5.99. The van der Waals surface area contributed by atoms with Gasteiger partial charge in [0.1, 0.15) is 5.75 Å². The highest BCUT2D eigenvalue weighted by molar-refractivity contribution is 7.91. The summed E-state index contributed by atoms with van der Waals surface area (Å²) in [6, 6.07) is 0. The Morgan fingerprint density at radius 3 is 2.47 bits per heavy atom. The summed E-state index contributed by atoms with van der Waals surface area (Å²) >= 11 is 0. The van der Waals surface area contributed by atoms with E-state index in [1.807, 2.05) is 0 Å². The van der Waals surface area contributed by atoms with Gasteiger partial charge in [-0.2, -0.15) is 0 Å². The second-order valence-electron chi connectivity index (χ2n) is 4.48. The number of rotatable bonds is 5. The zero-order valence-corrected chi connectivity index (χ0v) is 11.3. The minimum Gasteiger partial charge on any atom is -0.344 e. The number of piperazine rings is 1. The second-order valence-corrected chi connectivity index (χ2v) is 6.62. The van der Waals surface area contributed by atoms with Crippen molar-refractivity contribution in [3.63, 3.8) is 0 Å². The maximum absolute atomic E-state index is 11.5. The largest absolute Gasteiger partial charge is 0.344 e. The van der Waals surface area contributed by atoms with Crippen LogP contribution < -0.4 is 5.32 Å². The molecule has 1 aliphatic heterocycles. The number of carbonyl (C=O) groups is 1. The minimum atomic E-state index is -3.23. The maximum Gasteiger partial charge on any atom is 0.237 e. The number of amides is 1. The van der Waals surface area contributed by atoms with E-state index in [4.69, 9.17) is 0 Å². The number of nitrogens with zero attached hydrogens (tertiary/aromatic N) is 2. The minimum absolute atomic E-state index is 0.331. The number of hydrogen-bond donors (Lipinski definition) is 1. The summed E-state index contributed by atoms with van der Waals surface area (Å²) in [5, 5.41) is 3.25. The van der Waals surface area contributed by atoms with Crippen molar-refractivity contribution in [3.05, 3.63) is 0 Å². The summed E-state index contributed by atoms with van der Waals surface area (Å²) in [5.41, 5.74) is 0. The number of nitrogens with one attached hydrogen (secondary N) is 1. The van der Waals surface area contributed by atoms with Gasteiger partial charge in [-0.1, -0.05) is 0 Å². The Balaban J connectivity index is 2.28. The van der Waals surface area contributed by atoms with Crippen LogP contribution in [-0.4, -0.2) is 82.4 Å². The lowest BCUT2D eigenvalue weighted by molar-refractivity contribution is -0.127. The third-order valence-electron chi connectivity index (χ3n) is 2.77. The predicted octanol–water partition coefficient (Wildman–Crippen LogP) is -1.61. The molecule has 17 heavy (non-hydrogen) atoms. The van der Waals surface area contributed by atoms with Crippen molar-refractivity contribution < 1.29 is 13.2 Å². The van der Waals surface area contributed by atoms with Gasteiger partial charge in [-0.3, -0.25) is 9.69 Å². The van der Waals surface area contributed by atoms with E-state index < -0.39 is 15.6 Å². The quantitative estimate of drug-likeness (QED) is 0.646. The fourth-order valence-electron chi connectivity index (χ4n) is 1.69. The molecule has 1 rings (SSSR count). The molecule has 1 N–H and O–H groups in total. The summed E-state index contributed by atoms with van der Waals surface area (Å²) < 4.78 is 22.0. The van der Waals surface area contributed by atoms with Crippen molar-refractivity contribution in [1.29, 1.82) is 0 Å². The molecule has 0 aromatic rings. The average molecular weight is 263 g/mol. The molecule has 1 fully saturated rings. The van der Waals surface area contributed by atoms with Gasteiger partial charge in [-0.05, 0) is 0 Å². The van der Waals surface area contributed by atoms with Gasteiger partial charge >= 0.3 is 0 Å². The van der Waals surface area contributed by atoms with Crippen molar-refractivity contribution in [2.45, 2.75) is 0 Å². The summed E-state index contributed by atoms with van der Waals surface area (Å²) in [5.74, 6) is -0.729. The molecule has 1 amide bonds. The zero-order chi connectivity index (χ0) is 12.9. The van der Waals surface area contributed by atoms with Crippen molar-refractivity contribution in [1.82, 2.24) is 15.1 Å². The fourth-order valence-corrected chi connectivity index (χ4v) is 2.35. The van der Waals surface area contributed by atoms with Crippen LogP contribution in [0.25, 0.3) is 0 Å². The third-order valence-corrected chi connectivity index (χ3v) is 3.54. The van der Waals surface area contributed by atoms with E-state index in [1.165, 1.54) is 4.90 Å². The van der Waals surface area contributed by atoms with Gasteiger partial charge in [0.15, 0.2) is 9.84 Å². The van der Waals surface area contributed by atoms with Crippen molar-refractivity contribution in [3.8, 4) is 0 Å². The first kappa shape index (κ1) is 14.4. The van der Waals surface area contributed by atoms with Gasteiger partial charge in [0.05, 0.1) is 0 Å². The van der Waals surface area contributed by atoms with Crippen LogP contribution in [0.5, 0.6) is 0 Å². The molecule has 0 saturated carbocycles. The van der Waals surface area contributed by atoms with Crippen LogP contribution in [0, 0.1) is 0 Å². The predicted molar refractivity (Wildman–Crippen MR) is 66.7 cm³/mol. The summed E-state index contributed by atoms with van der Waals surface area (Å²) in [6.45, 7) is 5.28. The average Bonchev–Trinajstić information content (AvgIpc) is 2.25. The lowest BCUT2D eigenvalue weighted by Gasteiger charge is -2.29. The van der Waals surface area contributed by atoms with E-state index in [-0.39, 0.29) is 5.91 Å². The SMILES string of the molecule is CN(CCN1CCNCC1)C(=O)CS(C)(=O)=O. The summed E-state index contributed by atoms with van der Waals surface area (Å²) in [4.78, 5) is 15.3. The number of hydrogen-bond acceptors (Lipinski definition) is 5. The van der Waals surface area contributed by atoms with E-state index in [2.05, 4.69) is 10.2 Å². The molecule has 0 spiro atoms. The molecular formula is C10H21N3O3S. The van der Waals surface area contributed by atoms with Crippen LogP contribution in [0.3, 0.4) is 0 Å². The van der Waals surface area contributed by atoms with Gasteiger partial charge in [-0.25, -0.2) is 8.42 Å². The van der Waals surface area contributed by atoms with Crippen molar-refractivity contribution >= 4 is 15.7 Å². The molecule has 0 aromatic heterocycles. The first-order valence-corrected chi connectivity index (χ1v) is 7.79. The first-order valence-electron chi connectivity index (χ1n) is 5.73. The molecule has 0 bridgehead atoms. The molecule has 0 radical (unpaired) electrons. The summed E-state index contributed by atoms with van der Waals surface area (Å²) in [6.07, 6.45) is 1.08.